The fourth-order valence-corrected chi connectivity index (χ4v) is 6.27. The van der Waals surface area contributed by atoms with Crippen LogP contribution in [0.5, 0.6) is 0 Å². The summed E-state index contributed by atoms with van der Waals surface area (Å²) < 4.78 is 13.9. The van der Waals surface area contributed by atoms with Gasteiger partial charge in [0.15, 0.2) is 17.3 Å². The summed E-state index contributed by atoms with van der Waals surface area (Å²) in [7, 11) is 0. The van der Waals surface area contributed by atoms with E-state index in [1.54, 1.807) is 36.4 Å². The van der Waals surface area contributed by atoms with E-state index in [9.17, 15) is 18.8 Å². The lowest BCUT2D eigenvalue weighted by Crippen LogP contribution is -2.48. The Labute approximate surface area is 196 Å². The lowest BCUT2D eigenvalue weighted by molar-refractivity contribution is -0.118. The van der Waals surface area contributed by atoms with Gasteiger partial charge in [0.2, 0.25) is 0 Å². The quantitative estimate of drug-likeness (QED) is 0.506. The Bertz CT molecular complexity index is 1390. The van der Waals surface area contributed by atoms with E-state index in [0.717, 1.165) is 16.8 Å². The van der Waals surface area contributed by atoms with E-state index >= 15 is 0 Å². The number of carbonyl (C=O) groups excluding carboxylic acids is 3. The Morgan fingerprint density at radius 3 is 2.21 bits per heavy atom. The van der Waals surface area contributed by atoms with Gasteiger partial charge >= 0.3 is 0 Å². The molecule has 168 valence electrons. The van der Waals surface area contributed by atoms with Crippen molar-refractivity contribution in [3.05, 3.63) is 106 Å². The van der Waals surface area contributed by atoms with Crippen molar-refractivity contribution in [3.8, 4) is 0 Å². The third kappa shape index (κ3) is 2.50. The molecule has 2 heterocycles. The van der Waals surface area contributed by atoms with Gasteiger partial charge in [-0.25, -0.2) is 4.39 Å². The van der Waals surface area contributed by atoms with Crippen LogP contribution in [0.3, 0.4) is 0 Å². The van der Waals surface area contributed by atoms with Crippen molar-refractivity contribution < 1.29 is 18.8 Å². The first kappa shape index (κ1) is 20.7. The summed E-state index contributed by atoms with van der Waals surface area (Å²) in [6.07, 6.45) is 3.82. The number of ketones is 3. The van der Waals surface area contributed by atoms with E-state index in [0.29, 0.717) is 16.7 Å². The fourth-order valence-electron chi connectivity index (χ4n) is 6.27. The topological polar surface area (TPSA) is 54.5 Å². The van der Waals surface area contributed by atoms with Gasteiger partial charge in [0.25, 0.3) is 0 Å². The summed E-state index contributed by atoms with van der Waals surface area (Å²) in [6, 6.07) is 17.3. The predicted octanol–water partition coefficient (Wildman–Crippen LogP) is 5.16. The third-order valence-electron chi connectivity index (χ3n) is 7.61. The molecular weight excluding hydrogens is 429 g/mol. The zero-order valence-corrected chi connectivity index (χ0v) is 18.8. The van der Waals surface area contributed by atoms with Crippen molar-refractivity contribution in [1.29, 1.82) is 0 Å². The summed E-state index contributed by atoms with van der Waals surface area (Å²) in [4.78, 5) is 43.7. The Hall–Kier alpha value is -3.86. The monoisotopic (exact) mass is 451 g/mol. The number of rotatable bonds is 2. The molecule has 0 saturated carbocycles. The van der Waals surface area contributed by atoms with E-state index in [4.69, 9.17) is 0 Å². The Balaban J connectivity index is 1.69. The second-order valence-corrected chi connectivity index (χ2v) is 9.43. The SMILES string of the molecule is CC(=O)[C@H]1[C@@H](c2ccc(F)cc2)C2(C(=O)c3ccccc3C2=O)[C@H]2C=Cc3ccc(C)cc3N12. The highest BCUT2D eigenvalue weighted by atomic mass is 19.1. The molecule has 0 aromatic heterocycles. The average Bonchev–Trinajstić information content (AvgIpc) is 3.27. The van der Waals surface area contributed by atoms with Crippen LogP contribution in [0.1, 0.15) is 50.2 Å². The molecule has 0 amide bonds. The molecular formula is C29H22FNO3. The van der Waals surface area contributed by atoms with Gasteiger partial charge in [-0.1, -0.05) is 60.7 Å². The first-order valence-electron chi connectivity index (χ1n) is 11.4. The molecule has 0 unspecified atom stereocenters. The second-order valence-electron chi connectivity index (χ2n) is 9.43. The molecule has 4 nitrogen and oxygen atoms in total. The zero-order valence-electron chi connectivity index (χ0n) is 18.8. The number of benzene rings is 3. The number of aryl methyl sites for hydroxylation is 1. The molecule has 1 spiro atoms. The summed E-state index contributed by atoms with van der Waals surface area (Å²) in [6.45, 7) is 3.48. The number of carbonyl (C=O) groups is 3. The molecule has 1 saturated heterocycles. The molecule has 0 N–H and O–H groups in total. The van der Waals surface area contributed by atoms with E-state index in [1.807, 2.05) is 42.2 Å². The molecule has 2 aliphatic heterocycles. The lowest BCUT2D eigenvalue weighted by Gasteiger charge is -2.37. The van der Waals surface area contributed by atoms with Gasteiger partial charge in [0.05, 0.1) is 12.1 Å². The van der Waals surface area contributed by atoms with Crippen molar-refractivity contribution in [1.82, 2.24) is 0 Å². The van der Waals surface area contributed by atoms with Crippen LogP contribution >= 0.6 is 0 Å². The zero-order chi connectivity index (χ0) is 23.8. The number of hydrogen-bond donors (Lipinski definition) is 0. The number of anilines is 1. The van der Waals surface area contributed by atoms with Gasteiger partial charge in [-0.3, -0.25) is 14.4 Å². The minimum Gasteiger partial charge on any atom is -0.352 e. The average molecular weight is 451 g/mol. The van der Waals surface area contributed by atoms with E-state index in [2.05, 4.69) is 0 Å². The van der Waals surface area contributed by atoms with Crippen LogP contribution in [0, 0.1) is 18.2 Å². The van der Waals surface area contributed by atoms with Crippen LogP contribution in [0.15, 0.2) is 72.8 Å². The Morgan fingerprint density at radius 2 is 1.59 bits per heavy atom. The molecule has 0 bridgehead atoms. The fraction of sp³-hybridized carbons (Fsp3) is 0.207. The Morgan fingerprint density at radius 1 is 0.941 bits per heavy atom. The first-order valence-corrected chi connectivity index (χ1v) is 11.4. The molecule has 5 heteroatoms. The Kier molecular flexibility index (Phi) is 4.31. The van der Waals surface area contributed by atoms with E-state index in [-0.39, 0.29) is 17.3 Å². The maximum atomic E-state index is 14.2. The largest absolute Gasteiger partial charge is 0.352 e. The van der Waals surface area contributed by atoms with Crippen molar-refractivity contribution >= 4 is 29.1 Å². The maximum Gasteiger partial charge on any atom is 0.180 e. The van der Waals surface area contributed by atoms with Crippen molar-refractivity contribution in [2.24, 2.45) is 5.41 Å². The highest BCUT2D eigenvalue weighted by Gasteiger charge is 2.71. The van der Waals surface area contributed by atoms with Crippen molar-refractivity contribution in [2.45, 2.75) is 31.8 Å². The minimum atomic E-state index is -1.52. The van der Waals surface area contributed by atoms with Crippen LogP contribution in [0.4, 0.5) is 10.1 Å². The van der Waals surface area contributed by atoms with Gasteiger partial charge in [0.1, 0.15) is 11.2 Å². The molecule has 3 aromatic rings. The van der Waals surface area contributed by atoms with E-state index < -0.39 is 29.2 Å². The van der Waals surface area contributed by atoms with Crippen molar-refractivity contribution in [2.75, 3.05) is 4.90 Å². The molecule has 1 fully saturated rings. The normalized spacial score (nSPS) is 23.7. The van der Waals surface area contributed by atoms with Crippen LogP contribution < -0.4 is 4.90 Å². The molecule has 3 aromatic carbocycles. The number of nitrogens with zero attached hydrogens (tertiary/aromatic N) is 1. The smallest absolute Gasteiger partial charge is 0.180 e. The number of hydrogen-bond acceptors (Lipinski definition) is 4. The summed E-state index contributed by atoms with van der Waals surface area (Å²) in [5.41, 5.74) is 2.62. The molecule has 3 aliphatic rings. The third-order valence-corrected chi connectivity index (χ3v) is 7.61. The van der Waals surface area contributed by atoms with Gasteiger partial charge in [0, 0.05) is 22.7 Å². The van der Waals surface area contributed by atoms with Crippen LogP contribution in [0.2, 0.25) is 0 Å². The summed E-state index contributed by atoms with van der Waals surface area (Å²) in [5.74, 6) is -1.88. The molecule has 6 rings (SSSR count). The van der Waals surface area contributed by atoms with Crippen LogP contribution in [-0.4, -0.2) is 29.4 Å². The minimum absolute atomic E-state index is 0.143. The second kappa shape index (κ2) is 7.07. The molecule has 34 heavy (non-hydrogen) atoms. The van der Waals surface area contributed by atoms with Crippen LogP contribution in [-0.2, 0) is 4.79 Å². The number of Topliss-reactive ketones (excluding diaryl/α,β-unsaturated/α-hetero) is 3. The summed E-state index contributed by atoms with van der Waals surface area (Å²) >= 11 is 0. The predicted molar refractivity (Wildman–Crippen MR) is 128 cm³/mol. The highest BCUT2D eigenvalue weighted by Crippen LogP contribution is 2.60. The van der Waals surface area contributed by atoms with Gasteiger partial charge in [-0.15, -0.1) is 0 Å². The standard InChI is InChI=1S/C29H22FNO3/c1-16-7-8-18-11-14-24-29(27(33)21-5-3-4-6-22(21)28(29)34)25(19-9-12-20(30)13-10-19)26(17(2)32)31(24)23(18)15-16/h3-15,24-26H,1-2H3/t24-,25-,26+/m1/s1. The van der Waals surface area contributed by atoms with Gasteiger partial charge in [-0.05, 0) is 48.7 Å². The molecule has 0 radical (unpaired) electrons. The van der Waals surface area contributed by atoms with Gasteiger partial charge < -0.3 is 4.90 Å². The maximum absolute atomic E-state index is 14.2. The van der Waals surface area contributed by atoms with Crippen molar-refractivity contribution in [3.63, 3.8) is 0 Å². The number of fused-ring (bicyclic) bond motifs is 5. The van der Waals surface area contributed by atoms with Crippen LogP contribution in [0.25, 0.3) is 6.08 Å². The molecule has 3 atom stereocenters. The summed E-state index contributed by atoms with van der Waals surface area (Å²) in [5, 5.41) is 0. The van der Waals surface area contributed by atoms with E-state index in [1.165, 1.54) is 19.1 Å². The molecule has 1 aliphatic carbocycles. The number of halogens is 1. The lowest BCUT2D eigenvalue weighted by atomic mass is 9.64. The first-order chi connectivity index (χ1) is 16.4. The van der Waals surface area contributed by atoms with Gasteiger partial charge in [-0.2, -0.15) is 0 Å². The highest BCUT2D eigenvalue weighted by molar-refractivity contribution is 6.32.